The van der Waals surface area contributed by atoms with Crippen molar-refractivity contribution in [1.29, 1.82) is 0 Å². The molecule has 1 aliphatic heterocycles. The third kappa shape index (κ3) is 3.57. The number of carbonyl (C=O) groups is 2. The van der Waals surface area contributed by atoms with E-state index in [2.05, 4.69) is 0 Å². The molecule has 2 aromatic carbocycles. The molecule has 0 spiro atoms. The van der Waals surface area contributed by atoms with E-state index in [-0.39, 0.29) is 19.1 Å². The van der Waals surface area contributed by atoms with E-state index in [0.29, 0.717) is 17.2 Å². The lowest BCUT2D eigenvalue weighted by Crippen LogP contribution is -2.50. The van der Waals surface area contributed by atoms with Gasteiger partial charge in [-0.05, 0) is 37.6 Å². The number of fused-ring (bicyclic) bond motifs is 1. The second-order valence-corrected chi connectivity index (χ2v) is 6.04. The van der Waals surface area contributed by atoms with Gasteiger partial charge >= 0.3 is 0 Å². The number of nitrogens with zero attached hydrogens (tertiary/aromatic N) is 1. The largest absolute Gasteiger partial charge is 0.483 e. The fourth-order valence-corrected chi connectivity index (χ4v) is 2.80. The number of amides is 2. The summed E-state index contributed by atoms with van der Waals surface area (Å²) in [4.78, 5) is 25.7. The predicted octanol–water partition coefficient (Wildman–Crippen LogP) is 1.96. The minimum atomic E-state index is -0.875. The number of carbonyl (C=O) groups excluding carboxylic acids is 2. The van der Waals surface area contributed by atoms with Crippen LogP contribution in [0.2, 0.25) is 0 Å². The van der Waals surface area contributed by atoms with Gasteiger partial charge in [-0.15, -0.1) is 0 Å². The monoisotopic (exact) mass is 340 g/mol. The fourth-order valence-electron chi connectivity index (χ4n) is 2.80. The minimum Gasteiger partial charge on any atom is -0.483 e. The SMILES string of the molecule is Cc1ccc(OCC(=O)N2C[C@@H](C(N)=O)Oc3ccccc32)c(C)c1. The maximum absolute atomic E-state index is 12.7. The van der Waals surface area contributed by atoms with E-state index in [4.69, 9.17) is 15.2 Å². The fraction of sp³-hybridized carbons (Fsp3) is 0.263. The van der Waals surface area contributed by atoms with Gasteiger partial charge in [0.25, 0.3) is 11.8 Å². The lowest BCUT2D eigenvalue weighted by molar-refractivity contribution is -0.125. The van der Waals surface area contributed by atoms with Crippen molar-refractivity contribution >= 4 is 17.5 Å². The summed E-state index contributed by atoms with van der Waals surface area (Å²) in [5, 5.41) is 0. The number of nitrogens with two attached hydrogens (primary N) is 1. The van der Waals surface area contributed by atoms with E-state index in [1.54, 1.807) is 24.3 Å². The maximum atomic E-state index is 12.7. The van der Waals surface area contributed by atoms with Crippen molar-refractivity contribution in [3.05, 3.63) is 53.6 Å². The van der Waals surface area contributed by atoms with Crippen LogP contribution in [-0.2, 0) is 9.59 Å². The van der Waals surface area contributed by atoms with Gasteiger partial charge < -0.3 is 20.1 Å². The molecule has 1 atom stereocenters. The molecule has 2 amide bonds. The van der Waals surface area contributed by atoms with Gasteiger partial charge in [-0.2, -0.15) is 0 Å². The van der Waals surface area contributed by atoms with E-state index < -0.39 is 12.0 Å². The summed E-state index contributed by atoms with van der Waals surface area (Å²) < 4.78 is 11.2. The van der Waals surface area contributed by atoms with Crippen molar-refractivity contribution in [2.45, 2.75) is 20.0 Å². The van der Waals surface area contributed by atoms with Crippen LogP contribution < -0.4 is 20.1 Å². The smallest absolute Gasteiger partial charge is 0.265 e. The summed E-state index contributed by atoms with van der Waals surface area (Å²) in [5.74, 6) is 0.244. The lowest BCUT2D eigenvalue weighted by atomic mass is 10.1. The number of primary amides is 1. The Morgan fingerprint density at radius 2 is 2.00 bits per heavy atom. The molecule has 3 rings (SSSR count). The van der Waals surface area contributed by atoms with Crippen LogP contribution in [0.1, 0.15) is 11.1 Å². The van der Waals surface area contributed by atoms with Crippen LogP contribution in [0.5, 0.6) is 11.5 Å². The standard InChI is InChI=1S/C19H20N2O4/c1-12-7-8-15(13(2)9-12)24-11-18(22)21-10-17(19(20)23)25-16-6-4-3-5-14(16)21/h3-9,17H,10-11H2,1-2H3,(H2,20,23)/t17-/m0/s1. The van der Waals surface area contributed by atoms with Crippen LogP contribution in [0.3, 0.4) is 0 Å². The molecule has 130 valence electrons. The number of hydrogen-bond acceptors (Lipinski definition) is 4. The molecule has 0 bridgehead atoms. The molecule has 0 radical (unpaired) electrons. The van der Waals surface area contributed by atoms with Crippen molar-refractivity contribution < 1.29 is 19.1 Å². The van der Waals surface area contributed by atoms with Crippen LogP contribution in [0.4, 0.5) is 5.69 Å². The average molecular weight is 340 g/mol. The minimum absolute atomic E-state index is 0.0709. The van der Waals surface area contributed by atoms with E-state index >= 15 is 0 Å². The van der Waals surface area contributed by atoms with Crippen molar-refractivity contribution in [2.24, 2.45) is 5.73 Å². The van der Waals surface area contributed by atoms with E-state index in [1.807, 2.05) is 32.0 Å². The number of anilines is 1. The Labute approximate surface area is 146 Å². The van der Waals surface area contributed by atoms with Gasteiger partial charge in [0, 0.05) is 0 Å². The number of aryl methyl sites for hydroxylation is 2. The average Bonchev–Trinajstić information content (AvgIpc) is 2.59. The first-order chi connectivity index (χ1) is 12.0. The summed E-state index contributed by atoms with van der Waals surface area (Å²) in [6.07, 6.45) is -0.875. The quantitative estimate of drug-likeness (QED) is 0.922. The zero-order valence-corrected chi connectivity index (χ0v) is 14.2. The van der Waals surface area contributed by atoms with Gasteiger partial charge in [-0.25, -0.2) is 0 Å². The summed E-state index contributed by atoms with van der Waals surface area (Å²) >= 11 is 0. The van der Waals surface area contributed by atoms with Gasteiger partial charge in [-0.3, -0.25) is 9.59 Å². The van der Waals surface area contributed by atoms with E-state index in [9.17, 15) is 9.59 Å². The van der Waals surface area contributed by atoms with E-state index in [1.165, 1.54) is 4.90 Å². The van der Waals surface area contributed by atoms with Crippen LogP contribution in [0, 0.1) is 13.8 Å². The molecule has 0 saturated heterocycles. The first kappa shape index (κ1) is 16.8. The molecule has 0 aromatic heterocycles. The second kappa shape index (κ2) is 6.84. The third-order valence-electron chi connectivity index (χ3n) is 4.07. The van der Waals surface area contributed by atoms with Crippen LogP contribution in [0.25, 0.3) is 0 Å². The highest BCUT2D eigenvalue weighted by molar-refractivity contribution is 5.98. The Kier molecular flexibility index (Phi) is 4.61. The number of hydrogen-bond donors (Lipinski definition) is 1. The van der Waals surface area contributed by atoms with Crippen molar-refractivity contribution in [3.8, 4) is 11.5 Å². The van der Waals surface area contributed by atoms with Crippen molar-refractivity contribution in [3.63, 3.8) is 0 Å². The summed E-state index contributed by atoms with van der Waals surface area (Å²) in [5.41, 5.74) is 8.05. The highest BCUT2D eigenvalue weighted by atomic mass is 16.5. The molecule has 6 heteroatoms. The molecule has 1 heterocycles. The highest BCUT2D eigenvalue weighted by Gasteiger charge is 2.32. The first-order valence-electron chi connectivity index (χ1n) is 8.01. The zero-order valence-electron chi connectivity index (χ0n) is 14.2. The predicted molar refractivity (Wildman–Crippen MR) is 93.8 cm³/mol. The van der Waals surface area contributed by atoms with Crippen LogP contribution in [0.15, 0.2) is 42.5 Å². The van der Waals surface area contributed by atoms with Gasteiger partial charge in [0.1, 0.15) is 11.5 Å². The molecular formula is C19H20N2O4. The van der Waals surface area contributed by atoms with Crippen LogP contribution in [-0.4, -0.2) is 31.1 Å². The Morgan fingerprint density at radius 1 is 1.24 bits per heavy atom. The molecule has 6 nitrogen and oxygen atoms in total. The summed E-state index contributed by atoms with van der Waals surface area (Å²) in [6, 6.07) is 12.8. The van der Waals surface area contributed by atoms with Crippen molar-refractivity contribution in [2.75, 3.05) is 18.1 Å². The molecule has 25 heavy (non-hydrogen) atoms. The molecule has 0 saturated carbocycles. The number of rotatable bonds is 4. The third-order valence-corrected chi connectivity index (χ3v) is 4.07. The number of ether oxygens (including phenoxy) is 2. The summed E-state index contributed by atoms with van der Waals surface area (Å²) in [6.45, 7) is 3.86. The molecule has 1 aliphatic rings. The topological polar surface area (TPSA) is 81.9 Å². The lowest BCUT2D eigenvalue weighted by Gasteiger charge is -2.33. The molecule has 0 fully saturated rings. The molecule has 0 unspecified atom stereocenters. The van der Waals surface area contributed by atoms with Gasteiger partial charge in [0.15, 0.2) is 12.7 Å². The van der Waals surface area contributed by atoms with Crippen molar-refractivity contribution in [1.82, 2.24) is 0 Å². The first-order valence-corrected chi connectivity index (χ1v) is 8.01. The summed E-state index contributed by atoms with van der Waals surface area (Å²) in [7, 11) is 0. The Hall–Kier alpha value is -3.02. The van der Waals surface area contributed by atoms with Gasteiger partial charge in [0.05, 0.1) is 12.2 Å². The number of benzene rings is 2. The molecule has 0 aliphatic carbocycles. The number of para-hydroxylation sites is 2. The van der Waals surface area contributed by atoms with Gasteiger partial charge in [0.2, 0.25) is 0 Å². The Balaban J connectivity index is 1.77. The maximum Gasteiger partial charge on any atom is 0.265 e. The Morgan fingerprint density at radius 3 is 2.72 bits per heavy atom. The normalized spacial score (nSPS) is 15.9. The molecule has 2 N–H and O–H groups in total. The van der Waals surface area contributed by atoms with Crippen LogP contribution >= 0.6 is 0 Å². The van der Waals surface area contributed by atoms with Gasteiger partial charge in [-0.1, -0.05) is 29.8 Å². The van der Waals surface area contributed by atoms with E-state index in [0.717, 1.165) is 11.1 Å². The molecular weight excluding hydrogens is 320 g/mol. The molecule has 2 aromatic rings. The second-order valence-electron chi connectivity index (χ2n) is 6.04. The Bertz CT molecular complexity index is 819. The highest BCUT2D eigenvalue weighted by Crippen LogP contribution is 2.33. The zero-order chi connectivity index (χ0) is 18.0.